The Bertz CT molecular complexity index is 727. The molecule has 0 amide bonds. The zero-order valence-corrected chi connectivity index (χ0v) is 12.1. The van der Waals surface area contributed by atoms with Crippen LogP contribution in [0.5, 0.6) is 0 Å². The minimum Gasteiger partial charge on any atom is -0.378 e. The number of rotatable bonds is 5. The highest BCUT2D eigenvalue weighted by molar-refractivity contribution is 7.09. The van der Waals surface area contributed by atoms with Gasteiger partial charge in [0.25, 0.3) is 0 Å². The molecule has 0 aliphatic heterocycles. The number of thiazole rings is 1. The van der Waals surface area contributed by atoms with Crippen molar-refractivity contribution in [3.63, 3.8) is 0 Å². The third-order valence-corrected chi connectivity index (χ3v) is 3.60. The summed E-state index contributed by atoms with van der Waals surface area (Å²) in [6.07, 6.45) is 1.56. The molecule has 20 heavy (non-hydrogen) atoms. The molecule has 0 aliphatic carbocycles. The molecule has 104 valence electrons. The molecule has 9 heteroatoms. The summed E-state index contributed by atoms with van der Waals surface area (Å²) < 4.78 is 5.04. The van der Waals surface area contributed by atoms with Gasteiger partial charge in [-0.3, -0.25) is 0 Å². The predicted octanol–water partition coefficient (Wildman–Crippen LogP) is 2.22. The monoisotopic (exact) mass is 310 g/mol. The van der Waals surface area contributed by atoms with Gasteiger partial charge < -0.3 is 15.0 Å². The molecular weight excluding hydrogens is 300 g/mol. The van der Waals surface area contributed by atoms with E-state index in [0.29, 0.717) is 24.6 Å². The standard InChI is InChI=1S/C11H11ClN6OS/c1-19-3-7-16-6(4-20-7)2-13-9-8-10(15-5-14-8)18-11(12)17-9/h4-5H,2-3H2,1H3,(H2,13,14,15,17,18). The Balaban J connectivity index is 1.77. The van der Waals surface area contributed by atoms with Crippen LogP contribution in [0.2, 0.25) is 5.28 Å². The summed E-state index contributed by atoms with van der Waals surface area (Å²) in [4.78, 5) is 19.7. The summed E-state index contributed by atoms with van der Waals surface area (Å²) in [5, 5.41) is 6.26. The number of hydrogen-bond acceptors (Lipinski definition) is 7. The molecule has 0 fully saturated rings. The Morgan fingerprint density at radius 1 is 1.40 bits per heavy atom. The molecule has 3 aromatic heterocycles. The molecule has 7 nitrogen and oxygen atoms in total. The summed E-state index contributed by atoms with van der Waals surface area (Å²) in [5.74, 6) is 0.610. The third-order valence-electron chi connectivity index (χ3n) is 2.56. The van der Waals surface area contributed by atoms with Crippen molar-refractivity contribution in [1.29, 1.82) is 0 Å². The molecule has 3 rings (SSSR count). The van der Waals surface area contributed by atoms with E-state index in [4.69, 9.17) is 16.3 Å². The number of ether oxygens (including phenoxy) is 1. The van der Waals surface area contributed by atoms with Gasteiger partial charge >= 0.3 is 0 Å². The molecule has 0 aliphatic rings. The van der Waals surface area contributed by atoms with Gasteiger partial charge in [0.15, 0.2) is 11.5 Å². The van der Waals surface area contributed by atoms with Crippen molar-refractivity contribution >= 4 is 39.9 Å². The summed E-state index contributed by atoms with van der Waals surface area (Å²) in [5.41, 5.74) is 2.18. The number of nitrogens with zero attached hydrogens (tertiary/aromatic N) is 4. The number of methoxy groups -OCH3 is 1. The number of hydrogen-bond donors (Lipinski definition) is 2. The average molecular weight is 311 g/mol. The molecule has 0 radical (unpaired) electrons. The Morgan fingerprint density at radius 3 is 3.15 bits per heavy atom. The van der Waals surface area contributed by atoms with Crippen LogP contribution < -0.4 is 5.32 Å². The fourth-order valence-electron chi connectivity index (χ4n) is 1.73. The number of anilines is 1. The second-order valence-electron chi connectivity index (χ2n) is 3.96. The molecular formula is C11H11ClN6OS. The quantitative estimate of drug-likeness (QED) is 0.702. The highest BCUT2D eigenvalue weighted by Gasteiger charge is 2.09. The molecule has 0 bridgehead atoms. The van der Waals surface area contributed by atoms with Gasteiger partial charge in [-0.05, 0) is 11.6 Å². The van der Waals surface area contributed by atoms with E-state index in [1.54, 1.807) is 24.8 Å². The number of aromatic nitrogens is 5. The van der Waals surface area contributed by atoms with Crippen LogP contribution in [0.25, 0.3) is 11.2 Å². The Kier molecular flexibility index (Phi) is 3.77. The van der Waals surface area contributed by atoms with E-state index < -0.39 is 0 Å². The van der Waals surface area contributed by atoms with Crippen LogP contribution in [0.4, 0.5) is 5.82 Å². The fraction of sp³-hybridized carbons (Fsp3) is 0.273. The fourth-order valence-corrected chi connectivity index (χ4v) is 2.66. The van der Waals surface area contributed by atoms with E-state index in [0.717, 1.165) is 16.2 Å². The highest BCUT2D eigenvalue weighted by Crippen LogP contribution is 2.19. The average Bonchev–Trinajstić information content (AvgIpc) is 3.05. The summed E-state index contributed by atoms with van der Waals surface area (Å²) in [7, 11) is 1.65. The molecule has 0 saturated heterocycles. The SMILES string of the molecule is COCc1nc(CNc2nc(Cl)nc3nc[nH]c23)cs1. The zero-order valence-electron chi connectivity index (χ0n) is 10.6. The van der Waals surface area contributed by atoms with Crippen molar-refractivity contribution in [3.05, 3.63) is 27.7 Å². The molecule has 0 atom stereocenters. The maximum Gasteiger partial charge on any atom is 0.226 e. The molecule has 0 spiro atoms. The molecule has 2 N–H and O–H groups in total. The van der Waals surface area contributed by atoms with Gasteiger partial charge in [-0.1, -0.05) is 0 Å². The van der Waals surface area contributed by atoms with E-state index in [1.165, 1.54) is 0 Å². The number of aromatic amines is 1. The van der Waals surface area contributed by atoms with Crippen molar-refractivity contribution < 1.29 is 4.74 Å². The second-order valence-corrected chi connectivity index (χ2v) is 5.24. The van der Waals surface area contributed by atoms with Crippen LogP contribution in [-0.4, -0.2) is 32.0 Å². The number of nitrogens with one attached hydrogen (secondary N) is 2. The number of halogens is 1. The largest absolute Gasteiger partial charge is 0.378 e. The van der Waals surface area contributed by atoms with Crippen LogP contribution in [-0.2, 0) is 17.9 Å². The minimum atomic E-state index is 0.158. The van der Waals surface area contributed by atoms with Crippen molar-refractivity contribution in [3.8, 4) is 0 Å². The first-order valence-corrected chi connectivity index (χ1v) is 7.04. The maximum absolute atomic E-state index is 5.86. The maximum atomic E-state index is 5.86. The summed E-state index contributed by atoms with van der Waals surface area (Å²) in [6, 6.07) is 0. The third kappa shape index (κ3) is 2.72. The van der Waals surface area contributed by atoms with Crippen LogP contribution in [0, 0.1) is 0 Å². The lowest BCUT2D eigenvalue weighted by Crippen LogP contribution is -2.04. The van der Waals surface area contributed by atoms with Gasteiger partial charge in [-0.2, -0.15) is 9.97 Å². The Hall–Kier alpha value is -1.77. The molecule has 3 heterocycles. The van der Waals surface area contributed by atoms with E-state index in [1.807, 2.05) is 5.38 Å². The first kappa shape index (κ1) is 13.2. The normalized spacial score (nSPS) is 11.1. The van der Waals surface area contributed by atoms with Gasteiger partial charge in [0.1, 0.15) is 10.5 Å². The van der Waals surface area contributed by atoms with Crippen LogP contribution >= 0.6 is 22.9 Å². The lowest BCUT2D eigenvalue weighted by Gasteiger charge is -2.04. The van der Waals surface area contributed by atoms with Crippen molar-refractivity contribution in [1.82, 2.24) is 24.9 Å². The van der Waals surface area contributed by atoms with Crippen LogP contribution in [0.3, 0.4) is 0 Å². The predicted molar refractivity (Wildman–Crippen MR) is 76.8 cm³/mol. The molecule has 3 aromatic rings. The van der Waals surface area contributed by atoms with E-state index in [9.17, 15) is 0 Å². The van der Waals surface area contributed by atoms with Crippen LogP contribution in [0.1, 0.15) is 10.7 Å². The van der Waals surface area contributed by atoms with Crippen molar-refractivity contribution in [2.75, 3.05) is 12.4 Å². The zero-order chi connectivity index (χ0) is 13.9. The molecule has 0 saturated carbocycles. The van der Waals surface area contributed by atoms with E-state index in [-0.39, 0.29) is 5.28 Å². The molecule has 0 unspecified atom stereocenters. The Labute approximate surface area is 123 Å². The van der Waals surface area contributed by atoms with E-state index in [2.05, 4.69) is 30.2 Å². The van der Waals surface area contributed by atoms with Gasteiger partial charge in [-0.15, -0.1) is 11.3 Å². The number of fused-ring (bicyclic) bond motifs is 1. The van der Waals surface area contributed by atoms with Gasteiger partial charge in [0.05, 0.1) is 25.2 Å². The minimum absolute atomic E-state index is 0.158. The first-order chi connectivity index (χ1) is 9.76. The smallest absolute Gasteiger partial charge is 0.226 e. The summed E-state index contributed by atoms with van der Waals surface area (Å²) >= 11 is 7.42. The number of imidazole rings is 1. The van der Waals surface area contributed by atoms with Crippen molar-refractivity contribution in [2.45, 2.75) is 13.2 Å². The van der Waals surface area contributed by atoms with Crippen LogP contribution in [0.15, 0.2) is 11.7 Å². The van der Waals surface area contributed by atoms with Gasteiger partial charge in [0, 0.05) is 12.5 Å². The van der Waals surface area contributed by atoms with E-state index >= 15 is 0 Å². The van der Waals surface area contributed by atoms with Gasteiger partial charge in [-0.25, -0.2) is 9.97 Å². The highest BCUT2D eigenvalue weighted by atomic mass is 35.5. The Morgan fingerprint density at radius 2 is 2.30 bits per heavy atom. The second kappa shape index (κ2) is 5.70. The first-order valence-electron chi connectivity index (χ1n) is 5.79. The summed E-state index contributed by atoms with van der Waals surface area (Å²) in [6.45, 7) is 1.07. The lowest BCUT2D eigenvalue weighted by molar-refractivity contribution is 0.184. The topological polar surface area (TPSA) is 88.6 Å². The number of H-pyrrole nitrogens is 1. The van der Waals surface area contributed by atoms with Gasteiger partial charge in [0.2, 0.25) is 5.28 Å². The van der Waals surface area contributed by atoms with Crippen molar-refractivity contribution in [2.24, 2.45) is 0 Å². The lowest BCUT2D eigenvalue weighted by atomic mass is 10.4. The molecule has 0 aromatic carbocycles.